The van der Waals surface area contributed by atoms with Gasteiger partial charge in [0.2, 0.25) is 5.91 Å². The predicted octanol–water partition coefficient (Wildman–Crippen LogP) is 3.34. The van der Waals surface area contributed by atoms with Crippen molar-refractivity contribution in [3.63, 3.8) is 0 Å². The van der Waals surface area contributed by atoms with Crippen molar-refractivity contribution < 1.29 is 9.53 Å². The Labute approximate surface area is 151 Å². The molecular formula is C19H23BrN2O2. The van der Waals surface area contributed by atoms with E-state index in [4.69, 9.17) is 4.74 Å². The van der Waals surface area contributed by atoms with Crippen LogP contribution >= 0.6 is 15.9 Å². The fourth-order valence-electron chi connectivity index (χ4n) is 2.47. The fraction of sp³-hybridized carbons (Fsp3) is 0.316. The summed E-state index contributed by atoms with van der Waals surface area (Å²) in [5.74, 6) is 0.0155. The molecule has 5 heteroatoms. The molecule has 2 aromatic carbocycles. The first-order valence-electron chi connectivity index (χ1n) is 7.84. The van der Waals surface area contributed by atoms with Gasteiger partial charge < -0.3 is 10.1 Å². The molecule has 1 amide bonds. The van der Waals surface area contributed by atoms with Crippen LogP contribution in [0.5, 0.6) is 0 Å². The highest BCUT2D eigenvalue weighted by molar-refractivity contribution is 9.10. The number of ether oxygens (including phenoxy) is 1. The van der Waals surface area contributed by atoms with Gasteiger partial charge in [-0.2, -0.15) is 0 Å². The van der Waals surface area contributed by atoms with Crippen molar-refractivity contribution in [2.75, 3.05) is 20.7 Å². The monoisotopic (exact) mass is 390 g/mol. The molecule has 128 valence electrons. The van der Waals surface area contributed by atoms with Crippen LogP contribution in [-0.4, -0.2) is 31.5 Å². The highest BCUT2D eigenvalue weighted by Gasteiger charge is 2.08. The van der Waals surface area contributed by atoms with E-state index in [-0.39, 0.29) is 5.91 Å². The van der Waals surface area contributed by atoms with E-state index < -0.39 is 0 Å². The van der Waals surface area contributed by atoms with Crippen LogP contribution < -0.4 is 5.32 Å². The third kappa shape index (κ3) is 6.07. The second-order valence-corrected chi connectivity index (χ2v) is 6.65. The zero-order valence-electron chi connectivity index (χ0n) is 14.1. The zero-order valence-corrected chi connectivity index (χ0v) is 15.7. The van der Waals surface area contributed by atoms with Crippen LogP contribution in [-0.2, 0) is 29.2 Å². The second kappa shape index (κ2) is 9.57. The van der Waals surface area contributed by atoms with Gasteiger partial charge in [-0.25, -0.2) is 0 Å². The third-order valence-corrected chi connectivity index (χ3v) is 4.38. The molecule has 2 rings (SSSR count). The first kappa shape index (κ1) is 18.6. The van der Waals surface area contributed by atoms with E-state index >= 15 is 0 Å². The van der Waals surface area contributed by atoms with Gasteiger partial charge in [0.1, 0.15) is 0 Å². The highest BCUT2D eigenvalue weighted by atomic mass is 79.9. The maximum atomic E-state index is 12.1. The molecule has 0 saturated heterocycles. The van der Waals surface area contributed by atoms with Crippen molar-refractivity contribution in [1.82, 2.24) is 10.2 Å². The Bertz CT molecular complexity index is 676. The summed E-state index contributed by atoms with van der Waals surface area (Å²) >= 11 is 3.53. The Kier molecular flexibility index (Phi) is 7.43. The van der Waals surface area contributed by atoms with Gasteiger partial charge >= 0.3 is 0 Å². The normalized spacial score (nSPS) is 10.8. The minimum absolute atomic E-state index is 0.0155. The molecule has 0 unspecified atom stereocenters. The summed E-state index contributed by atoms with van der Waals surface area (Å²) in [7, 11) is 3.62. The Morgan fingerprint density at radius 1 is 1.17 bits per heavy atom. The first-order valence-corrected chi connectivity index (χ1v) is 8.63. The van der Waals surface area contributed by atoms with Crippen molar-refractivity contribution >= 4 is 21.8 Å². The molecule has 0 aliphatic carbocycles. The maximum Gasteiger partial charge on any atom is 0.234 e. The van der Waals surface area contributed by atoms with Gasteiger partial charge in [0.15, 0.2) is 0 Å². The number of benzene rings is 2. The maximum absolute atomic E-state index is 12.1. The average molecular weight is 391 g/mol. The number of nitrogens with one attached hydrogen (secondary N) is 1. The smallest absolute Gasteiger partial charge is 0.234 e. The van der Waals surface area contributed by atoms with E-state index in [0.29, 0.717) is 19.7 Å². The largest absolute Gasteiger partial charge is 0.380 e. The molecular weight excluding hydrogens is 368 g/mol. The number of hydrogen-bond donors (Lipinski definition) is 1. The van der Waals surface area contributed by atoms with Gasteiger partial charge in [0, 0.05) is 24.7 Å². The Balaban J connectivity index is 1.80. The zero-order chi connectivity index (χ0) is 17.4. The number of likely N-dealkylation sites (N-methyl/N-ethyl adjacent to an activating group) is 1. The standard InChI is InChI=1S/C19H23BrN2O2/c1-22(12-17-8-3-4-9-18(17)20)13-19(23)21-11-15-6-5-7-16(10-15)14-24-2/h3-10H,11-14H2,1-2H3,(H,21,23). The molecule has 2 aromatic rings. The van der Waals surface area contributed by atoms with Gasteiger partial charge in [-0.3, -0.25) is 9.69 Å². The molecule has 0 heterocycles. The lowest BCUT2D eigenvalue weighted by Gasteiger charge is -2.17. The Morgan fingerprint density at radius 3 is 2.67 bits per heavy atom. The molecule has 0 spiro atoms. The predicted molar refractivity (Wildman–Crippen MR) is 99.5 cm³/mol. The van der Waals surface area contributed by atoms with Crippen LogP contribution in [0.3, 0.4) is 0 Å². The molecule has 24 heavy (non-hydrogen) atoms. The fourth-order valence-corrected chi connectivity index (χ4v) is 2.88. The van der Waals surface area contributed by atoms with Gasteiger partial charge in [-0.15, -0.1) is 0 Å². The van der Waals surface area contributed by atoms with Crippen molar-refractivity contribution in [2.45, 2.75) is 19.7 Å². The lowest BCUT2D eigenvalue weighted by atomic mass is 10.1. The number of amides is 1. The van der Waals surface area contributed by atoms with Crippen molar-refractivity contribution in [1.29, 1.82) is 0 Å². The molecule has 4 nitrogen and oxygen atoms in total. The van der Waals surface area contributed by atoms with Crippen LogP contribution in [0.1, 0.15) is 16.7 Å². The SMILES string of the molecule is COCc1cccc(CNC(=O)CN(C)Cc2ccccc2Br)c1. The topological polar surface area (TPSA) is 41.6 Å². The van der Waals surface area contributed by atoms with Crippen LogP contribution in [0.2, 0.25) is 0 Å². The molecule has 0 saturated carbocycles. The quantitative estimate of drug-likeness (QED) is 0.751. The average Bonchev–Trinajstić information content (AvgIpc) is 2.56. The number of methoxy groups -OCH3 is 1. The van der Waals surface area contributed by atoms with Crippen molar-refractivity contribution in [2.24, 2.45) is 0 Å². The highest BCUT2D eigenvalue weighted by Crippen LogP contribution is 2.17. The minimum Gasteiger partial charge on any atom is -0.380 e. The molecule has 0 aliphatic rings. The van der Waals surface area contributed by atoms with Gasteiger partial charge in [0.05, 0.1) is 13.2 Å². The molecule has 0 bridgehead atoms. The Hall–Kier alpha value is -1.69. The molecule has 0 atom stereocenters. The summed E-state index contributed by atoms with van der Waals surface area (Å²) in [6.45, 7) is 2.19. The summed E-state index contributed by atoms with van der Waals surface area (Å²) < 4.78 is 6.19. The van der Waals surface area contributed by atoms with E-state index in [1.807, 2.05) is 48.3 Å². The first-order chi connectivity index (χ1) is 11.6. The van der Waals surface area contributed by atoms with Crippen LogP contribution in [0, 0.1) is 0 Å². The van der Waals surface area contributed by atoms with E-state index in [1.54, 1.807) is 7.11 Å². The number of hydrogen-bond acceptors (Lipinski definition) is 3. The lowest BCUT2D eigenvalue weighted by Crippen LogP contribution is -2.34. The van der Waals surface area contributed by atoms with Crippen LogP contribution in [0.4, 0.5) is 0 Å². The van der Waals surface area contributed by atoms with E-state index in [2.05, 4.69) is 33.4 Å². The summed E-state index contributed by atoms with van der Waals surface area (Å²) in [5.41, 5.74) is 3.35. The van der Waals surface area contributed by atoms with Crippen LogP contribution in [0.15, 0.2) is 53.0 Å². The van der Waals surface area contributed by atoms with E-state index in [9.17, 15) is 4.79 Å². The minimum atomic E-state index is 0.0155. The Morgan fingerprint density at radius 2 is 1.92 bits per heavy atom. The molecule has 0 aromatic heterocycles. The van der Waals surface area contributed by atoms with Crippen molar-refractivity contribution in [3.8, 4) is 0 Å². The number of rotatable bonds is 8. The molecule has 1 N–H and O–H groups in total. The van der Waals surface area contributed by atoms with Crippen molar-refractivity contribution in [3.05, 3.63) is 69.7 Å². The summed E-state index contributed by atoms with van der Waals surface area (Å²) in [6.07, 6.45) is 0. The number of carbonyl (C=O) groups is 1. The van der Waals surface area contributed by atoms with Gasteiger partial charge in [0.25, 0.3) is 0 Å². The summed E-state index contributed by atoms with van der Waals surface area (Å²) in [4.78, 5) is 14.1. The number of halogens is 1. The number of nitrogens with zero attached hydrogens (tertiary/aromatic N) is 1. The van der Waals surface area contributed by atoms with Gasteiger partial charge in [-0.05, 0) is 29.8 Å². The molecule has 0 aliphatic heterocycles. The lowest BCUT2D eigenvalue weighted by molar-refractivity contribution is -0.122. The van der Waals surface area contributed by atoms with Crippen LogP contribution in [0.25, 0.3) is 0 Å². The molecule has 0 fully saturated rings. The third-order valence-electron chi connectivity index (χ3n) is 3.60. The summed E-state index contributed by atoms with van der Waals surface area (Å²) in [5, 5.41) is 2.97. The van der Waals surface area contributed by atoms with E-state index in [0.717, 1.165) is 22.1 Å². The summed E-state index contributed by atoms with van der Waals surface area (Å²) in [6, 6.07) is 16.1. The van der Waals surface area contributed by atoms with E-state index in [1.165, 1.54) is 5.56 Å². The molecule has 0 radical (unpaired) electrons. The van der Waals surface area contributed by atoms with Gasteiger partial charge in [-0.1, -0.05) is 58.4 Å². The second-order valence-electron chi connectivity index (χ2n) is 5.79. The number of carbonyl (C=O) groups excluding carboxylic acids is 1.